The smallest absolute Gasteiger partial charge is 0.192 e. The van der Waals surface area contributed by atoms with Gasteiger partial charge in [0, 0.05) is 0 Å². The van der Waals surface area contributed by atoms with Gasteiger partial charge in [0.1, 0.15) is 6.10 Å². The van der Waals surface area contributed by atoms with E-state index in [9.17, 15) is 0 Å². The van der Waals surface area contributed by atoms with Crippen LogP contribution in [0.4, 0.5) is 0 Å². The van der Waals surface area contributed by atoms with Crippen LogP contribution in [0.1, 0.15) is 60.3 Å². The zero-order chi connectivity index (χ0) is 14.0. The van der Waals surface area contributed by atoms with Crippen LogP contribution in [0, 0.1) is 0 Å². The van der Waals surface area contributed by atoms with Crippen LogP contribution >= 0.6 is 0 Å². The molecule has 0 amide bonds. The SMILES string of the molecule is CCCCC[C@H](O[Si](C)(C)C(C)(C)C)[C@@H]1O[C@H]1C. The fourth-order valence-electron chi connectivity index (χ4n) is 2.03. The lowest BCUT2D eigenvalue weighted by atomic mass is 10.1. The van der Waals surface area contributed by atoms with E-state index in [4.69, 9.17) is 9.16 Å². The van der Waals surface area contributed by atoms with Crippen LogP contribution in [0.3, 0.4) is 0 Å². The Balaban J connectivity index is 2.56. The van der Waals surface area contributed by atoms with E-state index in [1.165, 1.54) is 19.3 Å². The lowest BCUT2D eigenvalue weighted by molar-refractivity contribution is 0.131. The molecule has 1 fully saturated rings. The van der Waals surface area contributed by atoms with Crippen molar-refractivity contribution in [3.05, 3.63) is 0 Å². The number of ether oxygens (including phenoxy) is 1. The highest BCUT2D eigenvalue weighted by Crippen LogP contribution is 2.40. The molecule has 0 aromatic carbocycles. The summed E-state index contributed by atoms with van der Waals surface area (Å²) in [5.41, 5.74) is 0. The third kappa shape index (κ3) is 4.36. The predicted molar refractivity (Wildman–Crippen MR) is 80.5 cm³/mol. The Kier molecular flexibility index (Phi) is 5.45. The Morgan fingerprint density at radius 2 is 1.78 bits per heavy atom. The van der Waals surface area contributed by atoms with Crippen LogP contribution in [0.2, 0.25) is 18.1 Å². The van der Waals surface area contributed by atoms with Gasteiger partial charge in [0.05, 0.1) is 12.2 Å². The third-order valence-corrected chi connectivity index (χ3v) is 8.97. The summed E-state index contributed by atoms with van der Waals surface area (Å²) in [5, 5.41) is 0.286. The average Bonchev–Trinajstić information content (AvgIpc) is 2.92. The first kappa shape index (κ1) is 16.2. The quantitative estimate of drug-likeness (QED) is 0.379. The van der Waals surface area contributed by atoms with Crippen molar-refractivity contribution in [3.63, 3.8) is 0 Å². The molecule has 0 saturated carbocycles. The molecule has 1 rings (SSSR count). The monoisotopic (exact) mass is 272 g/mol. The van der Waals surface area contributed by atoms with Crippen molar-refractivity contribution in [2.24, 2.45) is 0 Å². The molecule has 2 nitrogen and oxygen atoms in total. The Labute approximate surface area is 115 Å². The maximum atomic E-state index is 6.56. The number of rotatable bonds is 7. The Bertz CT molecular complexity index is 258. The van der Waals surface area contributed by atoms with Crippen molar-refractivity contribution in [1.82, 2.24) is 0 Å². The van der Waals surface area contributed by atoms with Crippen molar-refractivity contribution >= 4 is 8.32 Å². The van der Waals surface area contributed by atoms with Crippen LogP contribution in [0.25, 0.3) is 0 Å². The molecule has 108 valence electrons. The fourth-order valence-corrected chi connectivity index (χ4v) is 3.40. The summed E-state index contributed by atoms with van der Waals surface area (Å²) >= 11 is 0. The first-order valence-electron chi connectivity index (χ1n) is 7.52. The fraction of sp³-hybridized carbons (Fsp3) is 1.00. The number of hydrogen-bond donors (Lipinski definition) is 0. The normalized spacial score (nSPS) is 26.2. The van der Waals surface area contributed by atoms with E-state index in [-0.39, 0.29) is 5.04 Å². The largest absolute Gasteiger partial charge is 0.411 e. The summed E-state index contributed by atoms with van der Waals surface area (Å²) in [7, 11) is -1.66. The molecule has 3 heteroatoms. The molecule has 1 heterocycles. The second kappa shape index (κ2) is 6.06. The van der Waals surface area contributed by atoms with Crippen molar-refractivity contribution in [2.75, 3.05) is 0 Å². The molecular weight excluding hydrogens is 240 g/mol. The maximum absolute atomic E-state index is 6.56. The van der Waals surface area contributed by atoms with Crippen molar-refractivity contribution < 1.29 is 9.16 Å². The van der Waals surface area contributed by atoms with E-state index in [0.29, 0.717) is 18.3 Å². The third-order valence-electron chi connectivity index (χ3n) is 4.47. The first-order chi connectivity index (χ1) is 8.19. The van der Waals surface area contributed by atoms with Crippen LogP contribution in [0.15, 0.2) is 0 Å². The van der Waals surface area contributed by atoms with E-state index in [1.807, 2.05) is 0 Å². The highest BCUT2D eigenvalue weighted by molar-refractivity contribution is 6.74. The maximum Gasteiger partial charge on any atom is 0.192 e. The van der Waals surface area contributed by atoms with Crippen molar-refractivity contribution in [1.29, 1.82) is 0 Å². The topological polar surface area (TPSA) is 21.8 Å². The molecular formula is C15H32O2Si. The van der Waals surface area contributed by atoms with Gasteiger partial charge in [-0.05, 0) is 31.5 Å². The van der Waals surface area contributed by atoms with Gasteiger partial charge in [-0.2, -0.15) is 0 Å². The average molecular weight is 273 g/mol. The summed E-state index contributed by atoms with van der Waals surface area (Å²) in [6, 6.07) is 0. The summed E-state index contributed by atoms with van der Waals surface area (Å²) < 4.78 is 12.2. The molecule has 0 aromatic heterocycles. The minimum absolute atomic E-state index is 0.286. The van der Waals surface area contributed by atoms with Crippen molar-refractivity contribution in [3.8, 4) is 0 Å². The highest BCUT2D eigenvalue weighted by Gasteiger charge is 2.46. The van der Waals surface area contributed by atoms with E-state index in [1.54, 1.807) is 0 Å². The molecule has 1 aliphatic rings. The summed E-state index contributed by atoms with van der Waals surface area (Å²) in [6.45, 7) is 16.0. The van der Waals surface area contributed by atoms with Gasteiger partial charge in [0.2, 0.25) is 0 Å². The minimum atomic E-state index is -1.66. The van der Waals surface area contributed by atoms with Gasteiger partial charge in [0.15, 0.2) is 8.32 Å². The van der Waals surface area contributed by atoms with Gasteiger partial charge in [0.25, 0.3) is 0 Å². The van der Waals surface area contributed by atoms with Crippen LogP contribution in [-0.2, 0) is 9.16 Å². The zero-order valence-electron chi connectivity index (χ0n) is 13.4. The van der Waals surface area contributed by atoms with Crippen LogP contribution in [-0.4, -0.2) is 26.6 Å². The van der Waals surface area contributed by atoms with E-state index in [0.717, 1.165) is 6.42 Å². The molecule has 18 heavy (non-hydrogen) atoms. The van der Waals surface area contributed by atoms with Gasteiger partial charge in [-0.3, -0.25) is 0 Å². The number of epoxide rings is 1. The Morgan fingerprint density at radius 3 is 2.17 bits per heavy atom. The predicted octanol–water partition coefficient (Wildman–Crippen LogP) is 4.74. The molecule has 0 bridgehead atoms. The van der Waals surface area contributed by atoms with Gasteiger partial charge in [-0.1, -0.05) is 47.0 Å². The standard InChI is InChI=1S/C15H32O2Si/c1-8-9-10-11-13(14-12(2)16-14)17-18(6,7)15(3,4)5/h12-14H,8-11H2,1-7H3/t12-,13-,14+/m0/s1. The molecule has 0 aromatic rings. The lowest BCUT2D eigenvalue weighted by Crippen LogP contribution is -2.45. The zero-order valence-corrected chi connectivity index (χ0v) is 14.4. The van der Waals surface area contributed by atoms with Crippen LogP contribution < -0.4 is 0 Å². The first-order valence-corrected chi connectivity index (χ1v) is 10.4. The van der Waals surface area contributed by atoms with Crippen LogP contribution in [0.5, 0.6) is 0 Å². The molecule has 0 aliphatic carbocycles. The van der Waals surface area contributed by atoms with Gasteiger partial charge < -0.3 is 9.16 Å². The summed E-state index contributed by atoms with van der Waals surface area (Å²) in [5.74, 6) is 0. The highest BCUT2D eigenvalue weighted by atomic mass is 28.4. The lowest BCUT2D eigenvalue weighted by Gasteiger charge is -2.39. The van der Waals surface area contributed by atoms with Crippen molar-refractivity contribution in [2.45, 2.75) is 96.7 Å². The molecule has 1 saturated heterocycles. The second-order valence-corrected chi connectivity index (χ2v) is 12.0. The molecule has 0 spiro atoms. The van der Waals surface area contributed by atoms with E-state index in [2.05, 4.69) is 47.7 Å². The molecule has 0 unspecified atom stereocenters. The van der Waals surface area contributed by atoms with E-state index >= 15 is 0 Å². The molecule has 0 radical (unpaired) electrons. The van der Waals surface area contributed by atoms with Gasteiger partial charge >= 0.3 is 0 Å². The Hall–Kier alpha value is 0.137. The summed E-state index contributed by atoms with van der Waals surface area (Å²) in [4.78, 5) is 0. The Morgan fingerprint density at radius 1 is 1.22 bits per heavy atom. The molecule has 1 aliphatic heterocycles. The van der Waals surface area contributed by atoms with Gasteiger partial charge in [-0.25, -0.2) is 0 Å². The number of unbranched alkanes of at least 4 members (excludes halogenated alkanes) is 2. The molecule has 0 N–H and O–H groups in total. The van der Waals surface area contributed by atoms with Gasteiger partial charge in [-0.15, -0.1) is 0 Å². The van der Waals surface area contributed by atoms with E-state index < -0.39 is 8.32 Å². The molecule has 3 atom stereocenters. The minimum Gasteiger partial charge on any atom is -0.411 e. The second-order valence-electron chi connectivity index (χ2n) is 7.22. The summed E-state index contributed by atoms with van der Waals surface area (Å²) in [6.07, 6.45) is 6.09. The number of hydrogen-bond acceptors (Lipinski definition) is 2.